The van der Waals surface area contributed by atoms with Crippen LogP contribution in [0.1, 0.15) is 17.2 Å². The SMILES string of the molecule is CN(CC(=O)NCCc1ccc(F)cc1)CC1CNNC1c1ccccc1. The minimum absolute atomic E-state index is 0.00906. The van der Waals surface area contributed by atoms with Gasteiger partial charge in [0.05, 0.1) is 12.6 Å². The summed E-state index contributed by atoms with van der Waals surface area (Å²) in [5.41, 5.74) is 8.83. The summed E-state index contributed by atoms with van der Waals surface area (Å²) in [5.74, 6) is 0.160. The summed E-state index contributed by atoms with van der Waals surface area (Å²) < 4.78 is 12.9. The lowest BCUT2D eigenvalue weighted by Gasteiger charge is -2.24. The van der Waals surface area contributed by atoms with Crippen molar-refractivity contribution in [1.82, 2.24) is 21.1 Å². The molecule has 1 saturated heterocycles. The van der Waals surface area contributed by atoms with Crippen LogP contribution in [0.25, 0.3) is 0 Å². The predicted octanol–water partition coefficient (Wildman–Crippen LogP) is 1.88. The number of nitrogens with one attached hydrogen (secondary N) is 3. The monoisotopic (exact) mass is 370 g/mol. The third-order valence-electron chi connectivity index (χ3n) is 4.86. The molecule has 0 aliphatic carbocycles. The van der Waals surface area contributed by atoms with Gasteiger partial charge in [-0.15, -0.1) is 0 Å². The van der Waals surface area contributed by atoms with E-state index in [9.17, 15) is 9.18 Å². The molecular weight excluding hydrogens is 343 g/mol. The number of carbonyl (C=O) groups excluding carboxylic acids is 1. The number of hydrazine groups is 1. The molecule has 0 radical (unpaired) electrons. The molecule has 1 aliphatic heterocycles. The predicted molar refractivity (Wildman–Crippen MR) is 104 cm³/mol. The first kappa shape index (κ1) is 19.5. The lowest BCUT2D eigenvalue weighted by molar-refractivity contribution is -0.122. The molecule has 27 heavy (non-hydrogen) atoms. The second kappa shape index (κ2) is 9.60. The van der Waals surface area contributed by atoms with Crippen LogP contribution in [0, 0.1) is 11.7 Å². The van der Waals surface area contributed by atoms with Crippen LogP contribution in [-0.4, -0.2) is 44.0 Å². The maximum atomic E-state index is 12.9. The molecule has 0 saturated carbocycles. The number of likely N-dealkylation sites (N-methyl/N-ethyl adjacent to an activating group) is 1. The highest BCUT2D eigenvalue weighted by Gasteiger charge is 2.29. The zero-order chi connectivity index (χ0) is 19.1. The summed E-state index contributed by atoms with van der Waals surface area (Å²) >= 11 is 0. The van der Waals surface area contributed by atoms with E-state index in [0.29, 0.717) is 25.4 Å². The largest absolute Gasteiger partial charge is 0.355 e. The average Bonchev–Trinajstić information content (AvgIpc) is 3.12. The highest BCUT2D eigenvalue weighted by atomic mass is 19.1. The standard InChI is InChI=1S/C21H27FN4O/c1-26(14-18-13-24-25-21(18)17-5-3-2-4-6-17)15-20(27)23-12-11-16-7-9-19(22)10-8-16/h2-10,18,21,24-25H,11-15H2,1H3,(H,23,27). The van der Waals surface area contributed by atoms with Crippen molar-refractivity contribution in [3.8, 4) is 0 Å². The van der Waals surface area contributed by atoms with Crippen LogP contribution >= 0.6 is 0 Å². The molecule has 0 aromatic heterocycles. The molecule has 2 aromatic carbocycles. The quantitative estimate of drug-likeness (QED) is 0.664. The third-order valence-corrected chi connectivity index (χ3v) is 4.86. The van der Waals surface area contributed by atoms with Crippen molar-refractivity contribution in [2.75, 3.05) is 33.2 Å². The normalized spacial score (nSPS) is 19.4. The van der Waals surface area contributed by atoms with Gasteiger partial charge in [-0.05, 0) is 36.7 Å². The average molecular weight is 370 g/mol. The topological polar surface area (TPSA) is 56.4 Å². The number of nitrogens with zero attached hydrogens (tertiary/aromatic N) is 1. The fourth-order valence-electron chi connectivity index (χ4n) is 3.48. The minimum atomic E-state index is -0.242. The molecule has 1 fully saturated rings. The Morgan fingerprint density at radius 3 is 2.67 bits per heavy atom. The molecule has 1 heterocycles. The zero-order valence-electron chi connectivity index (χ0n) is 15.6. The number of halogens is 1. The van der Waals surface area contributed by atoms with Gasteiger partial charge in [-0.2, -0.15) is 0 Å². The van der Waals surface area contributed by atoms with Crippen molar-refractivity contribution >= 4 is 5.91 Å². The number of benzene rings is 2. The first-order valence-corrected chi connectivity index (χ1v) is 9.35. The summed E-state index contributed by atoms with van der Waals surface area (Å²) in [7, 11) is 1.97. The Hall–Kier alpha value is -2.28. The Morgan fingerprint density at radius 1 is 1.19 bits per heavy atom. The van der Waals surface area contributed by atoms with Crippen LogP contribution in [0.2, 0.25) is 0 Å². The molecule has 1 aliphatic rings. The Balaban J connectivity index is 1.41. The van der Waals surface area contributed by atoms with E-state index < -0.39 is 0 Å². The second-order valence-corrected chi connectivity index (χ2v) is 7.10. The van der Waals surface area contributed by atoms with E-state index in [2.05, 4.69) is 33.2 Å². The highest BCUT2D eigenvalue weighted by molar-refractivity contribution is 5.77. The van der Waals surface area contributed by atoms with E-state index in [0.717, 1.165) is 18.7 Å². The van der Waals surface area contributed by atoms with Gasteiger partial charge in [-0.25, -0.2) is 9.82 Å². The first-order valence-electron chi connectivity index (χ1n) is 9.35. The summed E-state index contributed by atoms with van der Waals surface area (Å²) in [5, 5.41) is 2.94. The summed E-state index contributed by atoms with van der Waals surface area (Å²) in [6, 6.07) is 17.0. The van der Waals surface area contributed by atoms with Crippen molar-refractivity contribution < 1.29 is 9.18 Å². The molecular formula is C21H27FN4O. The van der Waals surface area contributed by atoms with E-state index in [-0.39, 0.29) is 17.8 Å². The van der Waals surface area contributed by atoms with Gasteiger partial charge < -0.3 is 5.32 Å². The molecule has 6 heteroatoms. The maximum Gasteiger partial charge on any atom is 0.234 e. The maximum absolute atomic E-state index is 12.9. The summed E-state index contributed by atoms with van der Waals surface area (Å²) in [6.45, 7) is 2.61. The highest BCUT2D eigenvalue weighted by Crippen LogP contribution is 2.25. The Labute approximate surface area is 159 Å². The van der Waals surface area contributed by atoms with Gasteiger partial charge in [0.1, 0.15) is 5.82 Å². The second-order valence-electron chi connectivity index (χ2n) is 7.10. The summed E-state index contributed by atoms with van der Waals surface area (Å²) in [4.78, 5) is 14.2. The molecule has 3 rings (SSSR count). The van der Waals surface area contributed by atoms with Crippen LogP contribution in [0.5, 0.6) is 0 Å². The molecule has 2 aromatic rings. The minimum Gasteiger partial charge on any atom is -0.355 e. The molecule has 0 bridgehead atoms. The number of hydrogen-bond acceptors (Lipinski definition) is 4. The third kappa shape index (κ3) is 5.85. The van der Waals surface area contributed by atoms with Crippen molar-refractivity contribution in [1.29, 1.82) is 0 Å². The van der Waals surface area contributed by atoms with Crippen molar-refractivity contribution in [3.63, 3.8) is 0 Å². The number of rotatable bonds is 8. The van der Waals surface area contributed by atoms with Crippen LogP contribution in [0.3, 0.4) is 0 Å². The van der Waals surface area contributed by atoms with Gasteiger partial charge in [0.2, 0.25) is 5.91 Å². The van der Waals surface area contributed by atoms with Crippen molar-refractivity contribution in [2.45, 2.75) is 12.5 Å². The van der Waals surface area contributed by atoms with Gasteiger partial charge in [0.15, 0.2) is 0 Å². The first-order chi connectivity index (χ1) is 13.1. The number of hydrogen-bond donors (Lipinski definition) is 3. The molecule has 0 spiro atoms. The van der Waals surface area contributed by atoms with Gasteiger partial charge in [0, 0.05) is 25.6 Å². The van der Waals surface area contributed by atoms with Crippen LogP contribution in [-0.2, 0) is 11.2 Å². The zero-order valence-corrected chi connectivity index (χ0v) is 15.6. The molecule has 5 nitrogen and oxygen atoms in total. The van der Waals surface area contributed by atoms with Crippen molar-refractivity contribution in [3.05, 3.63) is 71.5 Å². The van der Waals surface area contributed by atoms with Crippen molar-refractivity contribution in [2.24, 2.45) is 5.92 Å². The van der Waals surface area contributed by atoms with Crippen LogP contribution < -0.4 is 16.2 Å². The Morgan fingerprint density at radius 2 is 1.93 bits per heavy atom. The Kier molecular flexibility index (Phi) is 6.92. The Bertz CT molecular complexity index is 723. The van der Waals surface area contributed by atoms with E-state index >= 15 is 0 Å². The van der Waals surface area contributed by atoms with Crippen LogP contribution in [0.15, 0.2) is 54.6 Å². The fourth-order valence-corrected chi connectivity index (χ4v) is 3.48. The van der Waals surface area contributed by atoms with E-state index in [1.54, 1.807) is 12.1 Å². The molecule has 3 N–H and O–H groups in total. The van der Waals surface area contributed by atoms with E-state index in [4.69, 9.17) is 0 Å². The molecule has 2 atom stereocenters. The molecule has 1 amide bonds. The number of amides is 1. The van der Waals surface area contributed by atoms with E-state index in [1.165, 1.54) is 17.7 Å². The van der Waals surface area contributed by atoms with Gasteiger partial charge >= 0.3 is 0 Å². The fraction of sp³-hybridized carbons (Fsp3) is 0.381. The van der Waals surface area contributed by atoms with Gasteiger partial charge in [0.25, 0.3) is 0 Å². The van der Waals surface area contributed by atoms with Crippen LogP contribution in [0.4, 0.5) is 4.39 Å². The lowest BCUT2D eigenvalue weighted by atomic mass is 9.94. The molecule has 144 valence electrons. The van der Waals surface area contributed by atoms with Gasteiger partial charge in [-0.3, -0.25) is 15.1 Å². The number of carbonyl (C=O) groups is 1. The summed E-state index contributed by atoms with van der Waals surface area (Å²) in [6.07, 6.45) is 0.697. The van der Waals surface area contributed by atoms with Gasteiger partial charge in [-0.1, -0.05) is 42.5 Å². The van der Waals surface area contributed by atoms with E-state index in [1.807, 2.05) is 25.2 Å². The lowest BCUT2D eigenvalue weighted by Crippen LogP contribution is -2.39. The molecule has 2 unspecified atom stereocenters. The smallest absolute Gasteiger partial charge is 0.234 e.